The van der Waals surface area contributed by atoms with Crippen molar-refractivity contribution in [2.75, 3.05) is 19.8 Å². The monoisotopic (exact) mass is 1030 g/mol. The number of carbonyl (C=O) groups excluding carboxylic acids is 2. The summed E-state index contributed by atoms with van der Waals surface area (Å²) in [5.74, 6) is 6.93. The van der Waals surface area contributed by atoms with E-state index in [1.807, 2.05) is 57.2 Å². The van der Waals surface area contributed by atoms with Crippen molar-refractivity contribution in [3.8, 4) is 37.1 Å². The van der Waals surface area contributed by atoms with Gasteiger partial charge in [-0.05, 0) is 31.1 Å². The first-order chi connectivity index (χ1) is 29.8. The van der Waals surface area contributed by atoms with Crippen LogP contribution in [-0.4, -0.2) is 36.5 Å². The van der Waals surface area contributed by atoms with Gasteiger partial charge in [-0.25, -0.2) is 0 Å². The Bertz CT molecular complexity index is 2770. The van der Waals surface area contributed by atoms with Gasteiger partial charge in [0.1, 0.15) is 0 Å². The van der Waals surface area contributed by atoms with Crippen molar-refractivity contribution in [2.45, 2.75) is 27.7 Å². The average Bonchev–Trinajstić information content (AvgIpc) is 4.11. The molecule has 0 N–H and O–H groups in total. The quantitative estimate of drug-likeness (QED) is 0.0780. The zero-order valence-corrected chi connectivity index (χ0v) is 39.5. The van der Waals surface area contributed by atoms with Crippen LogP contribution in [0.3, 0.4) is 0 Å². The third-order valence-electron chi connectivity index (χ3n) is 10.8. The third-order valence-corrected chi connectivity index (χ3v) is 18.3. The second-order valence-corrected chi connectivity index (χ2v) is 21.3. The van der Waals surface area contributed by atoms with E-state index in [1.54, 1.807) is 29.3 Å². The van der Waals surface area contributed by atoms with Gasteiger partial charge in [0, 0.05) is 16.3 Å². The molecular formula is C53H44NO3OsPS2+. The van der Waals surface area contributed by atoms with Gasteiger partial charge in [0.25, 0.3) is 0 Å². The molecule has 1 fully saturated rings. The Balaban J connectivity index is 1.32. The number of hydrogen-bond donors (Lipinski definition) is 0. The fourth-order valence-corrected chi connectivity index (χ4v) is 15.7. The summed E-state index contributed by atoms with van der Waals surface area (Å²) in [5, 5.41) is 4.71. The van der Waals surface area contributed by atoms with Crippen molar-refractivity contribution >= 4 is 63.7 Å². The molecular weight excluding hydrogens is 984 g/mol. The van der Waals surface area contributed by atoms with Crippen LogP contribution in [0.5, 0.6) is 0 Å². The maximum atomic E-state index is 14.3. The Hall–Kier alpha value is -5.25. The van der Waals surface area contributed by atoms with Gasteiger partial charge in [0.05, 0.1) is 0 Å². The van der Waals surface area contributed by atoms with Gasteiger partial charge in [0.2, 0.25) is 0 Å². The Kier molecular flexibility index (Phi) is 13.1. The molecule has 303 valence electrons. The number of amides is 2. The molecule has 0 unspecified atom stereocenters. The van der Waals surface area contributed by atoms with Crippen molar-refractivity contribution in [1.82, 2.24) is 4.90 Å². The van der Waals surface area contributed by atoms with E-state index in [2.05, 4.69) is 138 Å². The molecule has 61 heavy (non-hydrogen) atoms. The topological polar surface area (TPSA) is 46.6 Å². The molecule has 6 aromatic rings. The van der Waals surface area contributed by atoms with Crippen molar-refractivity contribution in [2.24, 2.45) is 5.92 Å². The minimum atomic E-state index is -2.55. The van der Waals surface area contributed by atoms with Crippen LogP contribution in [0.2, 0.25) is 0 Å². The fourth-order valence-electron chi connectivity index (χ4n) is 8.06. The van der Waals surface area contributed by atoms with E-state index in [1.165, 1.54) is 32.2 Å². The molecule has 4 heterocycles. The van der Waals surface area contributed by atoms with Crippen molar-refractivity contribution in [3.05, 3.63) is 189 Å². The number of benzene rings is 4. The first-order valence-electron chi connectivity index (χ1n) is 20.3. The van der Waals surface area contributed by atoms with E-state index in [-0.39, 0.29) is 17.7 Å². The number of carbonyl (C=O) groups is 2. The zero-order valence-electron chi connectivity index (χ0n) is 34.4. The molecule has 0 radical (unpaired) electrons. The van der Waals surface area contributed by atoms with Crippen LogP contribution < -0.4 is 15.9 Å². The van der Waals surface area contributed by atoms with Gasteiger partial charge in [-0.15, -0.1) is 11.3 Å². The Morgan fingerprint density at radius 2 is 1.28 bits per heavy atom. The summed E-state index contributed by atoms with van der Waals surface area (Å²) in [5.41, 5.74) is 5.65. The van der Waals surface area contributed by atoms with Crippen molar-refractivity contribution in [1.29, 1.82) is 0 Å². The van der Waals surface area contributed by atoms with Gasteiger partial charge in [-0.1, -0.05) is 19.9 Å². The van der Waals surface area contributed by atoms with Crippen molar-refractivity contribution in [3.63, 3.8) is 0 Å². The molecule has 8 heteroatoms. The standard InChI is InChI=1S/C53H44NO3PS2.Os/c1-6-17-44-26-30-48(59-44)46-28-29-47(51-50(46)52(55)54(53(51)56)33-36(3)4)49-31-27-45(60-49)25-24-39(32-40-35-57-34-38(40)7-2)37(5)58(41-18-11-8-12-19-41,42-20-13-9-14-21-42)43-22-15-10-16-23-43;/h6-23,26-32,36H,33-35H2,1-4H3;/q+1;/b17-6+,38-7?,39-37?,40-32?;. The molecule has 8 rings (SSSR count). The molecule has 0 bridgehead atoms. The normalized spacial score (nSPS) is 15.7. The summed E-state index contributed by atoms with van der Waals surface area (Å²) in [7, 11) is -2.55. The predicted molar refractivity (Wildman–Crippen MR) is 254 cm³/mol. The first-order valence-corrected chi connectivity index (χ1v) is 25.0. The van der Waals surface area contributed by atoms with E-state index in [0.29, 0.717) is 30.9 Å². The van der Waals surface area contributed by atoms with Crippen molar-refractivity contribution < 1.29 is 32.3 Å². The van der Waals surface area contributed by atoms with Crippen LogP contribution in [0.15, 0.2) is 168 Å². The summed E-state index contributed by atoms with van der Waals surface area (Å²) in [4.78, 5) is 33.6. The van der Waals surface area contributed by atoms with Crippen LogP contribution in [0.4, 0.5) is 0 Å². The van der Waals surface area contributed by atoms with E-state index < -0.39 is 7.26 Å². The fraction of sp³-hybridized carbons (Fsp3) is 0.151. The second-order valence-electron chi connectivity index (χ2n) is 15.1. The van der Waals surface area contributed by atoms with Crippen LogP contribution >= 0.6 is 29.9 Å². The number of ether oxygens (including phenoxy) is 1. The summed E-state index contributed by atoms with van der Waals surface area (Å²) in [6, 6.07) is 44.6. The molecule has 0 aliphatic carbocycles. The summed E-state index contributed by atoms with van der Waals surface area (Å²) >= 11 is 4.90. The Morgan fingerprint density at radius 3 is 1.80 bits per heavy atom. The third kappa shape index (κ3) is 8.27. The minimum absolute atomic E-state index is 0.132. The molecule has 2 aliphatic rings. The number of nitrogens with zero attached hydrogens (tertiary/aromatic N) is 1. The van der Waals surface area contributed by atoms with Crippen LogP contribution in [0, 0.1) is 22.1 Å². The van der Waals surface area contributed by atoms with E-state index in [0.717, 1.165) is 52.7 Å². The van der Waals surface area contributed by atoms with Crippen LogP contribution in [0.25, 0.3) is 27.0 Å². The molecule has 1 saturated heterocycles. The number of fused-ring (bicyclic) bond motifs is 1. The molecule has 2 aromatic heterocycles. The van der Waals surface area contributed by atoms with Gasteiger partial charge in [-0.2, -0.15) is 0 Å². The molecule has 0 atom stereocenters. The molecule has 2 aliphatic heterocycles. The SMILES string of the molecule is CC=C1COCC1=CC(C#Cc1ccc(-c2ccc(-c3ccc(/C=C/C)s3)c3c2C(=O)N(CC(C)C)C3=O)s1)=C([C]#[Os])[P+](c1ccccc1)(c1ccccc1)c1ccccc1. The number of allylic oxidation sites excluding steroid dienone is 5. The van der Waals surface area contributed by atoms with Gasteiger partial charge < -0.3 is 0 Å². The molecule has 4 nitrogen and oxygen atoms in total. The molecule has 4 aromatic carbocycles. The van der Waals surface area contributed by atoms with Gasteiger partial charge >= 0.3 is 297 Å². The summed E-state index contributed by atoms with van der Waals surface area (Å²) in [6.07, 6.45) is 8.40. The van der Waals surface area contributed by atoms with Crippen LogP contribution in [-0.2, 0) is 22.7 Å². The molecule has 0 saturated carbocycles. The zero-order chi connectivity index (χ0) is 42.5. The van der Waals surface area contributed by atoms with E-state index in [9.17, 15) is 9.59 Å². The average molecular weight is 1030 g/mol. The Labute approximate surface area is 377 Å². The van der Waals surface area contributed by atoms with E-state index in [4.69, 9.17) is 4.74 Å². The Morgan fingerprint density at radius 1 is 0.738 bits per heavy atom. The maximum absolute atomic E-state index is 14.3. The molecule has 0 spiro atoms. The summed E-state index contributed by atoms with van der Waals surface area (Å²) in [6.45, 7) is 9.53. The number of hydrogen-bond acceptors (Lipinski definition) is 5. The molecule has 2 amide bonds. The van der Waals surface area contributed by atoms with Gasteiger partial charge in [0.15, 0.2) is 0 Å². The number of imide groups is 1. The van der Waals surface area contributed by atoms with Crippen LogP contribution in [0.1, 0.15) is 58.2 Å². The first kappa shape index (κ1) is 42.4. The number of thiophene rings is 2. The van der Waals surface area contributed by atoms with E-state index >= 15 is 0 Å². The number of rotatable bonds is 10. The predicted octanol–water partition coefficient (Wildman–Crippen LogP) is 11.4. The van der Waals surface area contributed by atoms with Gasteiger partial charge in [-0.3, -0.25) is 4.79 Å². The second kappa shape index (κ2) is 18.8. The summed E-state index contributed by atoms with van der Waals surface area (Å²) < 4.78 is 9.76.